The van der Waals surface area contributed by atoms with Crippen molar-refractivity contribution >= 4 is 0 Å². The first kappa shape index (κ1) is 6.85. The minimum absolute atomic E-state index is 0.378. The van der Waals surface area contributed by atoms with Gasteiger partial charge in [0, 0.05) is 18.9 Å². The molecule has 3 heteroatoms. The zero-order chi connectivity index (χ0) is 7.52. The van der Waals surface area contributed by atoms with E-state index in [0.29, 0.717) is 6.10 Å². The van der Waals surface area contributed by atoms with Crippen LogP contribution in [0.15, 0.2) is 12.4 Å². The van der Waals surface area contributed by atoms with E-state index in [9.17, 15) is 0 Å². The number of hydrogen-bond acceptors (Lipinski definition) is 2. The third-order valence-corrected chi connectivity index (χ3v) is 1.92. The van der Waals surface area contributed by atoms with Crippen molar-refractivity contribution in [3.05, 3.63) is 18.5 Å². The Labute approximate surface area is 66.0 Å². The van der Waals surface area contributed by atoms with Gasteiger partial charge in [0.05, 0.1) is 18.8 Å². The molecular weight excluding hydrogens is 140 g/mol. The summed E-state index contributed by atoms with van der Waals surface area (Å²) in [6.07, 6.45) is 6.26. The Balaban J connectivity index is 1.90. The van der Waals surface area contributed by atoms with Gasteiger partial charge in [-0.05, 0) is 12.8 Å². The Morgan fingerprint density at radius 2 is 2.73 bits per heavy atom. The summed E-state index contributed by atoms with van der Waals surface area (Å²) in [5, 5.41) is 4.06. The normalized spacial score (nSPS) is 24.2. The van der Waals surface area contributed by atoms with Crippen molar-refractivity contribution in [2.24, 2.45) is 0 Å². The predicted molar refractivity (Wildman–Crippen MR) is 40.0 cm³/mol. The summed E-state index contributed by atoms with van der Waals surface area (Å²) in [5.41, 5.74) is 0. The number of aromatic nitrogens is 2. The summed E-state index contributed by atoms with van der Waals surface area (Å²) in [6.45, 7) is 1.79. The highest BCUT2D eigenvalue weighted by molar-refractivity contribution is 4.76. The third kappa shape index (κ3) is 1.60. The SMILES string of the molecule is [c]1cnn(CC2CCCO2)c1. The molecule has 1 aliphatic rings. The van der Waals surface area contributed by atoms with Gasteiger partial charge in [0.15, 0.2) is 0 Å². The highest BCUT2D eigenvalue weighted by atomic mass is 16.5. The monoisotopic (exact) mass is 151 g/mol. The lowest BCUT2D eigenvalue weighted by atomic mass is 10.2. The Bertz CT molecular complexity index is 202. The summed E-state index contributed by atoms with van der Waals surface area (Å²) in [5.74, 6) is 0. The fourth-order valence-corrected chi connectivity index (χ4v) is 1.36. The first-order chi connectivity index (χ1) is 5.45. The Morgan fingerprint density at radius 3 is 3.36 bits per heavy atom. The van der Waals surface area contributed by atoms with Crippen LogP contribution in [0, 0.1) is 6.07 Å². The van der Waals surface area contributed by atoms with Crippen molar-refractivity contribution in [1.29, 1.82) is 0 Å². The van der Waals surface area contributed by atoms with Crippen LogP contribution < -0.4 is 0 Å². The topological polar surface area (TPSA) is 27.1 Å². The molecule has 1 saturated heterocycles. The Kier molecular flexibility index (Phi) is 1.90. The highest BCUT2D eigenvalue weighted by Crippen LogP contribution is 2.12. The Hall–Kier alpha value is -0.830. The van der Waals surface area contributed by atoms with Crippen LogP contribution in [0.2, 0.25) is 0 Å². The second-order valence-corrected chi connectivity index (χ2v) is 2.80. The van der Waals surface area contributed by atoms with Crippen molar-refractivity contribution in [3.63, 3.8) is 0 Å². The lowest BCUT2D eigenvalue weighted by Crippen LogP contribution is -2.14. The van der Waals surface area contributed by atoms with E-state index in [1.54, 1.807) is 6.20 Å². The number of ether oxygens (including phenoxy) is 1. The van der Waals surface area contributed by atoms with Crippen LogP contribution in [0.3, 0.4) is 0 Å². The van der Waals surface area contributed by atoms with Gasteiger partial charge < -0.3 is 4.74 Å². The molecule has 1 fully saturated rings. The van der Waals surface area contributed by atoms with E-state index < -0.39 is 0 Å². The van der Waals surface area contributed by atoms with Crippen LogP contribution in [-0.4, -0.2) is 22.5 Å². The van der Waals surface area contributed by atoms with E-state index in [1.165, 1.54) is 12.8 Å². The summed E-state index contributed by atoms with van der Waals surface area (Å²) in [7, 11) is 0. The third-order valence-electron chi connectivity index (χ3n) is 1.92. The maximum Gasteiger partial charge on any atom is 0.0771 e. The van der Waals surface area contributed by atoms with E-state index in [2.05, 4.69) is 11.2 Å². The molecule has 1 unspecified atom stereocenters. The minimum atomic E-state index is 0.378. The van der Waals surface area contributed by atoms with Crippen LogP contribution in [0.1, 0.15) is 12.8 Å². The summed E-state index contributed by atoms with van der Waals surface area (Å²) in [6, 6.07) is 2.90. The van der Waals surface area contributed by atoms with Gasteiger partial charge in [0.25, 0.3) is 0 Å². The van der Waals surface area contributed by atoms with Crippen LogP contribution in [-0.2, 0) is 11.3 Å². The fraction of sp³-hybridized carbons (Fsp3) is 0.625. The van der Waals surface area contributed by atoms with Crippen LogP contribution in [0.25, 0.3) is 0 Å². The van der Waals surface area contributed by atoms with E-state index in [-0.39, 0.29) is 0 Å². The van der Waals surface area contributed by atoms with Crippen molar-refractivity contribution in [2.75, 3.05) is 6.61 Å². The molecular formula is C8H11N2O. The molecule has 2 heterocycles. The second-order valence-electron chi connectivity index (χ2n) is 2.80. The fourth-order valence-electron chi connectivity index (χ4n) is 1.36. The molecule has 0 saturated carbocycles. The molecule has 59 valence electrons. The minimum Gasteiger partial charge on any atom is -0.376 e. The average molecular weight is 151 g/mol. The molecule has 1 aromatic rings. The van der Waals surface area contributed by atoms with E-state index in [1.807, 2.05) is 10.9 Å². The molecule has 0 aromatic carbocycles. The van der Waals surface area contributed by atoms with E-state index in [0.717, 1.165) is 13.2 Å². The van der Waals surface area contributed by atoms with Crippen LogP contribution in [0.4, 0.5) is 0 Å². The van der Waals surface area contributed by atoms with Gasteiger partial charge in [-0.15, -0.1) is 0 Å². The van der Waals surface area contributed by atoms with Crippen LogP contribution >= 0.6 is 0 Å². The summed E-state index contributed by atoms with van der Waals surface area (Å²) < 4.78 is 7.32. The maximum atomic E-state index is 5.45. The van der Waals surface area contributed by atoms with Gasteiger partial charge in [-0.25, -0.2) is 0 Å². The van der Waals surface area contributed by atoms with Gasteiger partial charge in [-0.1, -0.05) is 0 Å². The van der Waals surface area contributed by atoms with Crippen LogP contribution in [0.5, 0.6) is 0 Å². The van der Waals surface area contributed by atoms with Gasteiger partial charge in [-0.2, -0.15) is 5.10 Å². The summed E-state index contributed by atoms with van der Waals surface area (Å²) in [4.78, 5) is 0. The van der Waals surface area contributed by atoms with Crippen molar-refractivity contribution in [3.8, 4) is 0 Å². The molecule has 1 aromatic heterocycles. The molecule has 11 heavy (non-hydrogen) atoms. The number of rotatable bonds is 2. The zero-order valence-electron chi connectivity index (χ0n) is 6.36. The highest BCUT2D eigenvalue weighted by Gasteiger charge is 2.15. The molecule has 0 bridgehead atoms. The second kappa shape index (κ2) is 3.05. The maximum absolute atomic E-state index is 5.45. The predicted octanol–water partition coefficient (Wildman–Crippen LogP) is 0.862. The zero-order valence-corrected chi connectivity index (χ0v) is 6.36. The Morgan fingerprint density at radius 1 is 1.73 bits per heavy atom. The lowest BCUT2D eigenvalue weighted by molar-refractivity contribution is 0.0940. The molecule has 0 amide bonds. The first-order valence-electron chi connectivity index (χ1n) is 3.95. The quantitative estimate of drug-likeness (QED) is 0.627. The lowest BCUT2D eigenvalue weighted by Gasteiger charge is -2.07. The van der Waals surface area contributed by atoms with E-state index in [4.69, 9.17) is 4.74 Å². The van der Waals surface area contributed by atoms with Gasteiger partial charge >= 0.3 is 0 Å². The molecule has 1 radical (unpaired) electrons. The molecule has 3 nitrogen and oxygen atoms in total. The average Bonchev–Trinajstić information content (AvgIpc) is 2.60. The molecule has 0 spiro atoms. The number of nitrogens with zero attached hydrogens (tertiary/aromatic N) is 2. The largest absolute Gasteiger partial charge is 0.376 e. The van der Waals surface area contributed by atoms with E-state index >= 15 is 0 Å². The van der Waals surface area contributed by atoms with Gasteiger partial charge in [0.1, 0.15) is 0 Å². The first-order valence-corrected chi connectivity index (χ1v) is 3.95. The van der Waals surface area contributed by atoms with Gasteiger partial charge in [-0.3, -0.25) is 4.68 Å². The van der Waals surface area contributed by atoms with Crippen molar-refractivity contribution in [2.45, 2.75) is 25.5 Å². The standard InChI is InChI=1S/C8H11N2O/c1-3-8(11-6-1)7-10-5-2-4-9-10/h4-5,8H,1,3,6-7H2. The van der Waals surface area contributed by atoms with Crippen molar-refractivity contribution in [1.82, 2.24) is 9.78 Å². The smallest absolute Gasteiger partial charge is 0.0771 e. The molecule has 1 atom stereocenters. The molecule has 1 aliphatic heterocycles. The van der Waals surface area contributed by atoms with Gasteiger partial charge in [0.2, 0.25) is 0 Å². The summed E-state index contributed by atoms with van der Waals surface area (Å²) >= 11 is 0. The molecule has 0 N–H and O–H groups in total. The molecule has 2 rings (SSSR count). The van der Waals surface area contributed by atoms with Crippen molar-refractivity contribution < 1.29 is 4.74 Å². The molecule has 0 aliphatic carbocycles. The number of hydrogen-bond donors (Lipinski definition) is 0.